The number of carbonyl (C=O) groups excluding carboxylic acids is 1. The monoisotopic (exact) mass is 297 g/mol. The molecule has 0 N–H and O–H groups in total. The third-order valence-corrected chi connectivity index (χ3v) is 4.60. The van der Waals surface area contributed by atoms with Gasteiger partial charge in [0, 0.05) is 13.1 Å². The summed E-state index contributed by atoms with van der Waals surface area (Å²) in [6.07, 6.45) is 4.23. The zero-order valence-corrected chi connectivity index (χ0v) is 13.3. The van der Waals surface area contributed by atoms with E-state index in [1.54, 1.807) is 0 Å². The Hall–Kier alpha value is -2.03. The van der Waals surface area contributed by atoms with Crippen LogP contribution in [0.1, 0.15) is 32.6 Å². The summed E-state index contributed by atoms with van der Waals surface area (Å²) in [5, 5.41) is 2.31. The number of hydrogen-bond acceptors (Lipinski definition) is 2. The van der Waals surface area contributed by atoms with Gasteiger partial charge >= 0.3 is 0 Å². The van der Waals surface area contributed by atoms with E-state index < -0.39 is 6.10 Å². The first-order valence-electron chi connectivity index (χ1n) is 8.07. The molecule has 0 saturated heterocycles. The first-order valence-corrected chi connectivity index (χ1v) is 8.07. The number of fused-ring (bicyclic) bond motifs is 1. The zero-order chi connectivity index (χ0) is 15.5. The number of nitrogens with zero attached hydrogens (tertiary/aromatic N) is 1. The summed E-state index contributed by atoms with van der Waals surface area (Å²) in [7, 11) is 1.90. The number of carbonyl (C=O) groups is 1. The fraction of sp³-hybridized carbons (Fsp3) is 0.421. The van der Waals surface area contributed by atoms with Crippen molar-refractivity contribution in [1.29, 1.82) is 0 Å². The molecule has 0 heterocycles. The Labute approximate surface area is 131 Å². The summed E-state index contributed by atoms with van der Waals surface area (Å²) in [5.41, 5.74) is 0. The van der Waals surface area contributed by atoms with Crippen molar-refractivity contribution in [2.45, 2.75) is 44.8 Å². The molecule has 2 aromatic rings. The molecule has 0 unspecified atom stereocenters. The summed E-state index contributed by atoms with van der Waals surface area (Å²) >= 11 is 0. The van der Waals surface area contributed by atoms with Crippen molar-refractivity contribution >= 4 is 16.7 Å². The van der Waals surface area contributed by atoms with Gasteiger partial charge in [-0.1, -0.05) is 43.2 Å². The summed E-state index contributed by atoms with van der Waals surface area (Å²) in [6, 6.07) is 14.5. The van der Waals surface area contributed by atoms with Crippen LogP contribution < -0.4 is 4.74 Å². The van der Waals surface area contributed by atoms with Crippen molar-refractivity contribution in [3.8, 4) is 5.75 Å². The Morgan fingerprint density at radius 2 is 1.82 bits per heavy atom. The van der Waals surface area contributed by atoms with Gasteiger partial charge < -0.3 is 9.64 Å². The molecule has 0 radical (unpaired) electrons. The van der Waals surface area contributed by atoms with E-state index in [2.05, 4.69) is 12.1 Å². The molecule has 22 heavy (non-hydrogen) atoms. The molecule has 1 aliphatic rings. The number of ether oxygens (including phenoxy) is 1. The molecule has 1 aliphatic carbocycles. The minimum Gasteiger partial charge on any atom is -0.481 e. The molecule has 3 heteroatoms. The SMILES string of the molecule is C[C@H](Oc1ccc2ccccc2c1)C(=O)N(C)C1CCCC1. The molecule has 3 rings (SSSR count). The van der Waals surface area contributed by atoms with Crippen LogP contribution in [0.25, 0.3) is 10.8 Å². The summed E-state index contributed by atoms with van der Waals surface area (Å²) < 4.78 is 5.87. The standard InChI is InChI=1S/C19H23NO2/c1-14(19(21)20(2)17-9-5-6-10-17)22-18-12-11-15-7-3-4-8-16(15)13-18/h3-4,7-8,11-14,17H,5-6,9-10H2,1-2H3/t14-/m0/s1. The van der Waals surface area contributed by atoms with Crippen LogP contribution in [0.4, 0.5) is 0 Å². The lowest BCUT2D eigenvalue weighted by molar-refractivity contribution is -0.138. The van der Waals surface area contributed by atoms with Gasteiger partial charge in [-0.3, -0.25) is 4.79 Å². The predicted molar refractivity (Wildman–Crippen MR) is 89.1 cm³/mol. The van der Waals surface area contributed by atoms with Crippen LogP contribution in [0.3, 0.4) is 0 Å². The normalized spacial score (nSPS) is 16.6. The molecule has 0 aliphatic heterocycles. The third kappa shape index (κ3) is 3.08. The van der Waals surface area contributed by atoms with Crippen molar-refractivity contribution in [2.24, 2.45) is 0 Å². The highest BCUT2D eigenvalue weighted by Crippen LogP contribution is 2.24. The molecule has 1 fully saturated rings. The summed E-state index contributed by atoms with van der Waals surface area (Å²) in [5.74, 6) is 0.819. The predicted octanol–water partition coefficient (Wildman–Crippen LogP) is 4.01. The van der Waals surface area contributed by atoms with Crippen molar-refractivity contribution in [1.82, 2.24) is 4.90 Å². The van der Waals surface area contributed by atoms with Crippen LogP contribution in [-0.2, 0) is 4.79 Å². The highest BCUT2D eigenvalue weighted by atomic mass is 16.5. The minimum absolute atomic E-state index is 0.0695. The molecular weight excluding hydrogens is 274 g/mol. The Balaban J connectivity index is 1.69. The van der Waals surface area contributed by atoms with E-state index in [-0.39, 0.29) is 5.91 Å². The maximum atomic E-state index is 12.5. The van der Waals surface area contributed by atoms with Gasteiger partial charge in [0.15, 0.2) is 6.10 Å². The fourth-order valence-electron chi connectivity index (χ4n) is 3.25. The number of amides is 1. The molecule has 0 bridgehead atoms. The van der Waals surface area contributed by atoms with Crippen LogP contribution in [0.5, 0.6) is 5.75 Å². The van der Waals surface area contributed by atoms with E-state index in [1.165, 1.54) is 18.2 Å². The molecule has 3 nitrogen and oxygen atoms in total. The van der Waals surface area contributed by atoms with E-state index in [0.717, 1.165) is 24.0 Å². The molecule has 1 atom stereocenters. The second kappa shape index (κ2) is 6.39. The van der Waals surface area contributed by atoms with E-state index >= 15 is 0 Å². The topological polar surface area (TPSA) is 29.5 Å². The van der Waals surface area contributed by atoms with Gasteiger partial charge in [0.05, 0.1) is 0 Å². The van der Waals surface area contributed by atoms with Crippen molar-refractivity contribution in [3.05, 3.63) is 42.5 Å². The van der Waals surface area contributed by atoms with Crippen LogP contribution in [0.2, 0.25) is 0 Å². The quantitative estimate of drug-likeness (QED) is 0.853. The number of benzene rings is 2. The first kappa shape index (κ1) is 14.9. The Morgan fingerprint density at radius 1 is 1.14 bits per heavy atom. The lowest BCUT2D eigenvalue weighted by atomic mass is 10.1. The maximum absolute atomic E-state index is 12.5. The average molecular weight is 297 g/mol. The highest BCUT2D eigenvalue weighted by Gasteiger charge is 2.27. The number of likely N-dealkylation sites (N-methyl/N-ethyl adjacent to an activating group) is 1. The Bertz CT molecular complexity index is 661. The van der Waals surface area contributed by atoms with Gasteiger partial charge in [-0.05, 0) is 42.7 Å². The summed E-state index contributed by atoms with van der Waals surface area (Å²) in [4.78, 5) is 14.4. The van der Waals surface area contributed by atoms with Crippen LogP contribution in [0, 0.1) is 0 Å². The molecule has 0 spiro atoms. The molecule has 0 aromatic heterocycles. The van der Waals surface area contributed by atoms with Crippen molar-refractivity contribution in [2.75, 3.05) is 7.05 Å². The van der Waals surface area contributed by atoms with Gasteiger partial charge in [-0.15, -0.1) is 0 Å². The molecule has 2 aromatic carbocycles. The molecule has 1 amide bonds. The van der Waals surface area contributed by atoms with Gasteiger partial charge in [0.25, 0.3) is 5.91 Å². The Morgan fingerprint density at radius 3 is 2.55 bits per heavy atom. The minimum atomic E-state index is -0.452. The third-order valence-electron chi connectivity index (χ3n) is 4.60. The van der Waals surface area contributed by atoms with Gasteiger partial charge in [-0.2, -0.15) is 0 Å². The van der Waals surface area contributed by atoms with E-state index in [0.29, 0.717) is 6.04 Å². The highest BCUT2D eigenvalue weighted by molar-refractivity contribution is 5.84. The average Bonchev–Trinajstić information content (AvgIpc) is 3.07. The van der Waals surface area contributed by atoms with E-state index in [9.17, 15) is 4.79 Å². The second-order valence-electron chi connectivity index (χ2n) is 6.16. The fourth-order valence-corrected chi connectivity index (χ4v) is 3.25. The second-order valence-corrected chi connectivity index (χ2v) is 6.16. The molecule has 1 saturated carbocycles. The zero-order valence-electron chi connectivity index (χ0n) is 13.3. The van der Waals surface area contributed by atoms with Gasteiger partial charge in [0.2, 0.25) is 0 Å². The first-order chi connectivity index (χ1) is 10.6. The Kier molecular flexibility index (Phi) is 4.32. The van der Waals surface area contributed by atoms with Crippen LogP contribution in [0.15, 0.2) is 42.5 Å². The number of hydrogen-bond donors (Lipinski definition) is 0. The van der Waals surface area contributed by atoms with Crippen molar-refractivity contribution < 1.29 is 9.53 Å². The lowest BCUT2D eigenvalue weighted by Crippen LogP contribution is -2.42. The maximum Gasteiger partial charge on any atom is 0.263 e. The molecule has 116 valence electrons. The van der Waals surface area contributed by atoms with Crippen LogP contribution in [-0.4, -0.2) is 30.0 Å². The lowest BCUT2D eigenvalue weighted by Gasteiger charge is -2.27. The largest absolute Gasteiger partial charge is 0.481 e. The van der Waals surface area contributed by atoms with Gasteiger partial charge in [0.1, 0.15) is 5.75 Å². The van der Waals surface area contributed by atoms with E-state index in [1.807, 2.05) is 49.2 Å². The summed E-state index contributed by atoms with van der Waals surface area (Å²) in [6.45, 7) is 1.84. The van der Waals surface area contributed by atoms with E-state index in [4.69, 9.17) is 4.74 Å². The van der Waals surface area contributed by atoms with Gasteiger partial charge in [-0.25, -0.2) is 0 Å². The van der Waals surface area contributed by atoms with Crippen molar-refractivity contribution in [3.63, 3.8) is 0 Å². The number of rotatable bonds is 4. The smallest absolute Gasteiger partial charge is 0.263 e. The van der Waals surface area contributed by atoms with Crippen LogP contribution >= 0.6 is 0 Å². The molecular formula is C19H23NO2.